The summed E-state index contributed by atoms with van der Waals surface area (Å²) in [5.74, 6) is -1.63. The summed E-state index contributed by atoms with van der Waals surface area (Å²) in [4.78, 5) is 53.1. The fourth-order valence-corrected chi connectivity index (χ4v) is 7.76. The van der Waals surface area contributed by atoms with Crippen LogP contribution in [0.5, 0.6) is 0 Å². The molecule has 8 atom stereocenters. The maximum atomic E-state index is 12.8. The lowest BCUT2D eigenvalue weighted by Gasteiger charge is -2.36. The van der Waals surface area contributed by atoms with Gasteiger partial charge in [0.25, 0.3) is 0 Å². The van der Waals surface area contributed by atoms with Crippen LogP contribution < -0.4 is 0 Å². The second kappa shape index (κ2) is 39.2. The first-order chi connectivity index (χ1) is 32.0. The molecular formula is C48H82O17P2. The van der Waals surface area contributed by atoms with E-state index in [0.29, 0.717) is 32.1 Å². The number of phosphoric ester groups is 2. The van der Waals surface area contributed by atoms with Gasteiger partial charge in [0.2, 0.25) is 0 Å². The fourth-order valence-electron chi connectivity index (χ4n) is 6.60. The van der Waals surface area contributed by atoms with Gasteiger partial charge in [-0.1, -0.05) is 125 Å². The maximum Gasteiger partial charge on any atom is 0.472 e. The molecule has 7 N–H and O–H groups in total. The van der Waals surface area contributed by atoms with E-state index in [1.54, 1.807) is 12.2 Å². The van der Waals surface area contributed by atoms with Crippen LogP contribution in [-0.2, 0) is 46.5 Å². The lowest BCUT2D eigenvalue weighted by atomic mass is 9.87. The van der Waals surface area contributed by atoms with Crippen molar-refractivity contribution in [1.29, 1.82) is 0 Å². The van der Waals surface area contributed by atoms with E-state index >= 15 is 0 Å². The van der Waals surface area contributed by atoms with E-state index in [0.717, 1.165) is 64.2 Å². The zero-order valence-electron chi connectivity index (χ0n) is 39.8. The number of aliphatic hydroxyl groups excluding tert-OH is 4. The molecule has 1 aliphatic rings. The Kier molecular flexibility index (Phi) is 36.5. The molecule has 0 spiro atoms. The highest BCUT2D eigenvalue weighted by Crippen LogP contribution is 2.44. The van der Waals surface area contributed by atoms with Gasteiger partial charge in [-0.05, 0) is 77.0 Å². The number of carbonyl (C=O) groups is 2. The molecule has 0 saturated carbocycles. The highest BCUT2D eigenvalue weighted by Gasteiger charge is 2.35. The fraction of sp³-hybridized carbons (Fsp3) is 0.708. The van der Waals surface area contributed by atoms with E-state index in [9.17, 15) is 44.0 Å². The molecule has 1 rings (SSSR count). The summed E-state index contributed by atoms with van der Waals surface area (Å²) in [6.07, 6.45) is 33.6. The van der Waals surface area contributed by atoms with Gasteiger partial charge in [-0.2, -0.15) is 0 Å². The van der Waals surface area contributed by atoms with Crippen LogP contribution in [0.3, 0.4) is 0 Å². The van der Waals surface area contributed by atoms with Crippen LogP contribution in [0.15, 0.2) is 72.9 Å². The molecule has 1 saturated heterocycles. The van der Waals surface area contributed by atoms with Crippen molar-refractivity contribution in [2.45, 2.75) is 185 Å². The first kappa shape index (κ1) is 62.4. The van der Waals surface area contributed by atoms with E-state index in [-0.39, 0.29) is 25.2 Å². The van der Waals surface area contributed by atoms with Gasteiger partial charge in [-0.25, -0.2) is 9.13 Å². The van der Waals surface area contributed by atoms with Gasteiger partial charge >= 0.3 is 27.6 Å². The summed E-state index contributed by atoms with van der Waals surface area (Å²) in [7, 11) is -9.80. The molecule has 0 aromatic carbocycles. The summed E-state index contributed by atoms with van der Waals surface area (Å²) in [5, 5.41) is 40.8. The van der Waals surface area contributed by atoms with E-state index < -0.39 is 90.8 Å². The van der Waals surface area contributed by atoms with Crippen molar-refractivity contribution in [3.8, 4) is 0 Å². The van der Waals surface area contributed by atoms with Crippen molar-refractivity contribution in [2.75, 3.05) is 26.4 Å². The standard InChI is InChI=1S/C48H82O17P2/c1-3-5-7-8-9-10-11-12-13-14-15-16-17-18-19-20-21-22-28-32-47(53)64-42(39-63-67(58,59)62-37-41(50)36-61-66(55,56)57)38-60-46(52)31-27-24-23-26-30-43-44(51)35-48(54)65-45(43)34-33-40(49)29-25-6-4-2/h9-10,12-13,15-16,18-19,23,26,33-34,40-45,48-51,54H,3-8,11,14,17,20-22,24-25,27-32,35-39H2,1-2H3,(H,58,59)(H2,55,56,57)/b10-9-,13-12-,16-15-,19-18-,26-23-,34-33+/t40-,41-,42+,43-,44-,45+,48?/m0/s1. The monoisotopic (exact) mass is 993 g/mol. The van der Waals surface area contributed by atoms with E-state index in [4.69, 9.17) is 28.5 Å². The lowest BCUT2D eigenvalue weighted by molar-refractivity contribution is -0.199. The van der Waals surface area contributed by atoms with Crippen molar-refractivity contribution >= 4 is 27.6 Å². The summed E-state index contributed by atoms with van der Waals surface area (Å²) >= 11 is 0. The van der Waals surface area contributed by atoms with Crippen LogP contribution in [0.25, 0.3) is 0 Å². The second-order valence-corrected chi connectivity index (χ2v) is 19.2. The van der Waals surface area contributed by atoms with Crippen LogP contribution in [0.4, 0.5) is 0 Å². The first-order valence-corrected chi connectivity index (χ1v) is 27.1. The minimum absolute atomic E-state index is 0.00980. The average molecular weight is 993 g/mol. The quantitative estimate of drug-likeness (QED) is 0.0131. The molecule has 0 amide bonds. The number of ether oxygens (including phenoxy) is 3. The Morgan fingerprint density at radius 3 is 1.85 bits per heavy atom. The van der Waals surface area contributed by atoms with Crippen LogP contribution in [0.1, 0.15) is 149 Å². The van der Waals surface area contributed by atoms with E-state index in [1.807, 2.05) is 12.2 Å². The number of phosphoric acid groups is 2. The normalized spacial score (nSPS) is 20.7. The first-order valence-electron chi connectivity index (χ1n) is 24.0. The molecule has 386 valence electrons. The Hall–Kier alpha value is -2.60. The van der Waals surface area contributed by atoms with Crippen molar-refractivity contribution in [1.82, 2.24) is 0 Å². The van der Waals surface area contributed by atoms with Gasteiger partial charge in [0, 0.05) is 25.2 Å². The van der Waals surface area contributed by atoms with Crippen molar-refractivity contribution < 1.29 is 81.6 Å². The number of allylic oxidation sites excluding steroid dienone is 10. The average Bonchev–Trinajstić information content (AvgIpc) is 3.27. The molecule has 0 aliphatic carbocycles. The Bertz CT molecular complexity index is 1570. The second-order valence-electron chi connectivity index (χ2n) is 16.6. The van der Waals surface area contributed by atoms with Gasteiger partial charge in [0.05, 0.1) is 38.1 Å². The number of aliphatic hydroxyl groups is 4. The predicted octanol–water partition coefficient (Wildman–Crippen LogP) is 8.67. The summed E-state index contributed by atoms with van der Waals surface area (Å²) in [6, 6.07) is 0. The molecule has 0 radical (unpaired) electrons. The smallest absolute Gasteiger partial charge is 0.462 e. The molecule has 19 heteroatoms. The van der Waals surface area contributed by atoms with Gasteiger partial charge in [0.1, 0.15) is 12.7 Å². The molecule has 1 heterocycles. The third-order valence-corrected chi connectivity index (χ3v) is 11.8. The summed E-state index contributed by atoms with van der Waals surface area (Å²) in [5.41, 5.74) is 0. The summed E-state index contributed by atoms with van der Waals surface area (Å²) in [6.45, 7) is 1.28. The highest BCUT2D eigenvalue weighted by atomic mass is 31.2. The van der Waals surface area contributed by atoms with Crippen LogP contribution in [0, 0.1) is 5.92 Å². The minimum Gasteiger partial charge on any atom is -0.462 e. The Morgan fingerprint density at radius 1 is 0.657 bits per heavy atom. The van der Waals surface area contributed by atoms with Gasteiger partial charge in [0.15, 0.2) is 12.4 Å². The molecule has 1 fully saturated rings. The minimum atomic E-state index is -4.91. The maximum absolute atomic E-state index is 12.8. The molecule has 0 bridgehead atoms. The number of esters is 2. The third-order valence-electron chi connectivity index (χ3n) is 10.4. The molecule has 1 aliphatic heterocycles. The Balaban J connectivity index is 2.59. The van der Waals surface area contributed by atoms with E-state index in [1.165, 1.54) is 19.3 Å². The highest BCUT2D eigenvalue weighted by molar-refractivity contribution is 7.47. The number of rotatable bonds is 40. The molecule has 0 aromatic heterocycles. The van der Waals surface area contributed by atoms with Crippen molar-refractivity contribution in [3.63, 3.8) is 0 Å². The van der Waals surface area contributed by atoms with Crippen LogP contribution in [-0.4, -0.2) is 110 Å². The Labute approximate surface area is 398 Å². The largest absolute Gasteiger partial charge is 0.472 e. The molecule has 0 aromatic rings. The molecular weight excluding hydrogens is 910 g/mol. The van der Waals surface area contributed by atoms with Gasteiger partial charge < -0.3 is 49.3 Å². The summed E-state index contributed by atoms with van der Waals surface area (Å²) < 4.78 is 53.5. The lowest BCUT2D eigenvalue weighted by Crippen LogP contribution is -2.43. The third kappa shape index (κ3) is 37.0. The number of carbonyl (C=O) groups excluding carboxylic acids is 2. The predicted molar refractivity (Wildman–Crippen MR) is 256 cm³/mol. The topological polar surface area (TPSA) is 265 Å². The number of unbranched alkanes of at least 4 members (excludes halogenated alkanes) is 9. The van der Waals surface area contributed by atoms with Crippen LogP contribution >= 0.6 is 15.6 Å². The SMILES string of the molecule is CCCCC/C=C\C/C=C\C/C=C\C/C=C\CCCCCC(=O)O[C@H](COC(=O)CCC/C=C\C[C@H]1[C@@H](O)CC(O)O[C@@H]1/C=C/[C@@H](O)CCCCC)COP(=O)(O)OC[C@@H](O)COP(=O)(O)O. The molecule has 2 unspecified atom stereocenters. The van der Waals surface area contributed by atoms with Crippen LogP contribution in [0.2, 0.25) is 0 Å². The number of hydrogen-bond acceptors (Lipinski definition) is 14. The van der Waals surface area contributed by atoms with Gasteiger partial charge in [-0.3, -0.25) is 23.2 Å². The van der Waals surface area contributed by atoms with Crippen molar-refractivity contribution in [2.24, 2.45) is 5.92 Å². The van der Waals surface area contributed by atoms with Gasteiger partial charge in [-0.15, -0.1) is 0 Å². The van der Waals surface area contributed by atoms with Crippen molar-refractivity contribution in [3.05, 3.63) is 72.9 Å². The zero-order chi connectivity index (χ0) is 49.6. The molecule has 67 heavy (non-hydrogen) atoms. The number of hydrogen-bond donors (Lipinski definition) is 7. The van der Waals surface area contributed by atoms with E-state index in [2.05, 4.69) is 71.5 Å². The zero-order valence-corrected chi connectivity index (χ0v) is 41.5. The Morgan fingerprint density at radius 2 is 1.21 bits per heavy atom. The molecule has 17 nitrogen and oxygen atoms in total.